The molecule has 1 aliphatic heterocycles. The fourth-order valence-corrected chi connectivity index (χ4v) is 3.48. The standard InChI is InChI=1S/C21H24N6O2/c1-16-22-7-8-27(16)20-14-19(23-15-24-20)25-9-11-26(12-10-25)21(28)13-17-3-5-18(29-2)6-4-17/h3-8,14-15H,9-13H2,1-2H3. The van der Waals surface area contributed by atoms with Crippen molar-refractivity contribution in [2.45, 2.75) is 13.3 Å². The Labute approximate surface area is 169 Å². The monoisotopic (exact) mass is 392 g/mol. The Hall–Kier alpha value is -3.42. The Morgan fingerprint density at radius 1 is 1.03 bits per heavy atom. The zero-order valence-corrected chi connectivity index (χ0v) is 16.7. The van der Waals surface area contributed by atoms with Crippen molar-refractivity contribution >= 4 is 11.7 Å². The number of nitrogens with zero attached hydrogens (tertiary/aromatic N) is 6. The van der Waals surface area contributed by atoms with E-state index in [4.69, 9.17) is 4.74 Å². The summed E-state index contributed by atoms with van der Waals surface area (Å²) in [4.78, 5) is 29.8. The van der Waals surface area contributed by atoms with Gasteiger partial charge in [-0.25, -0.2) is 15.0 Å². The van der Waals surface area contributed by atoms with Crippen LogP contribution in [0.3, 0.4) is 0 Å². The number of anilines is 1. The second kappa shape index (κ2) is 8.30. The van der Waals surface area contributed by atoms with Gasteiger partial charge < -0.3 is 14.5 Å². The average molecular weight is 392 g/mol. The van der Waals surface area contributed by atoms with E-state index in [2.05, 4.69) is 19.9 Å². The smallest absolute Gasteiger partial charge is 0.227 e. The lowest BCUT2D eigenvalue weighted by molar-refractivity contribution is -0.130. The molecule has 0 N–H and O–H groups in total. The topological polar surface area (TPSA) is 76.4 Å². The van der Waals surface area contributed by atoms with Crippen LogP contribution in [0.5, 0.6) is 5.75 Å². The molecule has 3 heterocycles. The van der Waals surface area contributed by atoms with Crippen LogP contribution in [0.1, 0.15) is 11.4 Å². The predicted octanol–water partition coefficient (Wildman–Crippen LogP) is 1.87. The third-order valence-electron chi connectivity index (χ3n) is 5.18. The molecule has 1 aliphatic rings. The first kappa shape index (κ1) is 18.9. The molecule has 150 valence electrons. The first-order valence-electron chi connectivity index (χ1n) is 9.62. The molecular weight excluding hydrogens is 368 g/mol. The van der Waals surface area contributed by atoms with Gasteiger partial charge in [0.25, 0.3) is 0 Å². The SMILES string of the molecule is COc1ccc(CC(=O)N2CCN(c3cc(-n4ccnc4C)ncn3)CC2)cc1. The van der Waals surface area contributed by atoms with E-state index < -0.39 is 0 Å². The number of hydrogen-bond donors (Lipinski definition) is 0. The number of aryl methyl sites for hydroxylation is 1. The molecular formula is C21H24N6O2. The predicted molar refractivity (Wildman–Crippen MR) is 109 cm³/mol. The van der Waals surface area contributed by atoms with Crippen LogP contribution in [0.25, 0.3) is 5.82 Å². The van der Waals surface area contributed by atoms with Crippen LogP contribution in [0.2, 0.25) is 0 Å². The van der Waals surface area contributed by atoms with Crippen LogP contribution < -0.4 is 9.64 Å². The third kappa shape index (κ3) is 4.21. The molecule has 8 heteroatoms. The molecule has 1 fully saturated rings. The molecule has 0 bridgehead atoms. The van der Waals surface area contributed by atoms with Crippen molar-refractivity contribution in [1.82, 2.24) is 24.4 Å². The quantitative estimate of drug-likeness (QED) is 0.660. The zero-order chi connectivity index (χ0) is 20.2. The largest absolute Gasteiger partial charge is 0.497 e. The number of rotatable bonds is 5. The van der Waals surface area contributed by atoms with Crippen molar-refractivity contribution in [3.8, 4) is 11.6 Å². The molecule has 4 rings (SSSR count). The number of carbonyl (C=O) groups excluding carboxylic acids is 1. The molecule has 1 amide bonds. The van der Waals surface area contributed by atoms with Crippen molar-refractivity contribution in [3.05, 3.63) is 60.4 Å². The van der Waals surface area contributed by atoms with Crippen molar-refractivity contribution < 1.29 is 9.53 Å². The minimum atomic E-state index is 0.146. The van der Waals surface area contributed by atoms with Gasteiger partial charge in [-0.1, -0.05) is 12.1 Å². The second-order valence-corrected chi connectivity index (χ2v) is 6.97. The summed E-state index contributed by atoms with van der Waals surface area (Å²) in [6.07, 6.45) is 5.62. The summed E-state index contributed by atoms with van der Waals surface area (Å²) in [5.74, 6) is 3.48. The van der Waals surface area contributed by atoms with Gasteiger partial charge in [-0.3, -0.25) is 9.36 Å². The van der Waals surface area contributed by atoms with Crippen LogP contribution in [0.4, 0.5) is 5.82 Å². The Morgan fingerprint density at radius 2 is 1.76 bits per heavy atom. The Morgan fingerprint density at radius 3 is 2.41 bits per heavy atom. The highest BCUT2D eigenvalue weighted by Crippen LogP contribution is 2.18. The van der Waals surface area contributed by atoms with Gasteiger partial charge in [0.2, 0.25) is 5.91 Å². The molecule has 0 spiro atoms. The average Bonchev–Trinajstić information content (AvgIpc) is 3.20. The number of methoxy groups -OCH3 is 1. The first-order valence-corrected chi connectivity index (χ1v) is 9.62. The lowest BCUT2D eigenvalue weighted by Gasteiger charge is -2.35. The molecule has 0 aliphatic carbocycles. The van der Waals surface area contributed by atoms with E-state index in [0.29, 0.717) is 19.5 Å². The molecule has 8 nitrogen and oxygen atoms in total. The van der Waals surface area contributed by atoms with Crippen molar-refractivity contribution in [2.24, 2.45) is 0 Å². The summed E-state index contributed by atoms with van der Waals surface area (Å²) in [6.45, 7) is 4.78. The Balaban J connectivity index is 1.36. The first-order chi connectivity index (χ1) is 14.1. The summed E-state index contributed by atoms with van der Waals surface area (Å²) >= 11 is 0. The fraction of sp³-hybridized carbons (Fsp3) is 0.333. The highest BCUT2D eigenvalue weighted by molar-refractivity contribution is 5.79. The highest BCUT2D eigenvalue weighted by Gasteiger charge is 2.22. The van der Waals surface area contributed by atoms with Gasteiger partial charge in [-0.15, -0.1) is 0 Å². The zero-order valence-electron chi connectivity index (χ0n) is 16.7. The summed E-state index contributed by atoms with van der Waals surface area (Å²) in [7, 11) is 1.64. The molecule has 2 aromatic heterocycles. The number of aromatic nitrogens is 4. The van der Waals surface area contributed by atoms with Crippen molar-refractivity contribution in [1.29, 1.82) is 0 Å². The molecule has 3 aromatic rings. The number of imidazole rings is 1. The summed E-state index contributed by atoms with van der Waals surface area (Å²) in [6, 6.07) is 9.61. The minimum Gasteiger partial charge on any atom is -0.497 e. The number of carbonyl (C=O) groups is 1. The van der Waals surface area contributed by atoms with Gasteiger partial charge in [-0.2, -0.15) is 0 Å². The van der Waals surface area contributed by atoms with E-state index in [9.17, 15) is 4.79 Å². The molecule has 0 atom stereocenters. The number of piperazine rings is 1. The summed E-state index contributed by atoms with van der Waals surface area (Å²) in [5.41, 5.74) is 0.995. The van der Waals surface area contributed by atoms with Crippen molar-refractivity contribution in [3.63, 3.8) is 0 Å². The lowest BCUT2D eigenvalue weighted by Crippen LogP contribution is -2.49. The van der Waals surface area contributed by atoms with Gasteiger partial charge in [-0.05, 0) is 24.6 Å². The van der Waals surface area contributed by atoms with E-state index in [1.165, 1.54) is 0 Å². The maximum Gasteiger partial charge on any atom is 0.227 e. The van der Waals surface area contributed by atoms with Crippen LogP contribution >= 0.6 is 0 Å². The van der Waals surface area contributed by atoms with Crippen LogP contribution in [-0.4, -0.2) is 63.6 Å². The van der Waals surface area contributed by atoms with Crippen LogP contribution in [0.15, 0.2) is 49.1 Å². The van der Waals surface area contributed by atoms with Gasteiger partial charge in [0.15, 0.2) is 0 Å². The second-order valence-electron chi connectivity index (χ2n) is 6.97. The van der Waals surface area contributed by atoms with Gasteiger partial charge in [0, 0.05) is 44.6 Å². The lowest BCUT2D eigenvalue weighted by atomic mass is 10.1. The number of ether oxygens (including phenoxy) is 1. The molecule has 0 unspecified atom stereocenters. The summed E-state index contributed by atoms with van der Waals surface area (Å²) < 4.78 is 7.10. The van der Waals surface area contributed by atoms with Gasteiger partial charge in [0.1, 0.15) is 29.5 Å². The van der Waals surface area contributed by atoms with Gasteiger partial charge >= 0.3 is 0 Å². The maximum absolute atomic E-state index is 12.7. The summed E-state index contributed by atoms with van der Waals surface area (Å²) in [5, 5.41) is 0. The van der Waals surface area contributed by atoms with E-state index in [-0.39, 0.29) is 5.91 Å². The highest BCUT2D eigenvalue weighted by atomic mass is 16.5. The third-order valence-corrected chi connectivity index (χ3v) is 5.18. The minimum absolute atomic E-state index is 0.146. The van der Waals surface area contributed by atoms with E-state index in [1.807, 2.05) is 52.9 Å². The van der Waals surface area contributed by atoms with Crippen LogP contribution in [0, 0.1) is 6.92 Å². The number of amides is 1. The number of hydrogen-bond acceptors (Lipinski definition) is 6. The normalized spacial score (nSPS) is 14.1. The maximum atomic E-state index is 12.7. The number of benzene rings is 1. The molecule has 0 saturated carbocycles. The molecule has 0 radical (unpaired) electrons. The van der Waals surface area contributed by atoms with E-state index in [0.717, 1.165) is 41.9 Å². The molecule has 1 saturated heterocycles. The van der Waals surface area contributed by atoms with Gasteiger partial charge in [0.05, 0.1) is 13.5 Å². The van der Waals surface area contributed by atoms with E-state index >= 15 is 0 Å². The van der Waals surface area contributed by atoms with E-state index in [1.54, 1.807) is 19.6 Å². The Kier molecular flexibility index (Phi) is 5.41. The Bertz CT molecular complexity index is 977. The molecule has 1 aromatic carbocycles. The van der Waals surface area contributed by atoms with Crippen molar-refractivity contribution in [2.75, 3.05) is 38.2 Å². The van der Waals surface area contributed by atoms with Crippen LogP contribution in [-0.2, 0) is 11.2 Å². The molecule has 29 heavy (non-hydrogen) atoms. The fourth-order valence-electron chi connectivity index (χ4n) is 3.48.